The summed E-state index contributed by atoms with van der Waals surface area (Å²) in [6.07, 6.45) is 1.75. The van der Waals surface area contributed by atoms with Crippen molar-refractivity contribution in [1.29, 1.82) is 0 Å². The van der Waals surface area contributed by atoms with Crippen molar-refractivity contribution < 1.29 is 13.2 Å². The van der Waals surface area contributed by atoms with E-state index in [2.05, 4.69) is 35.1 Å². The third-order valence-electron chi connectivity index (χ3n) is 2.81. The molecular formula is C15H24BrNO3S. The Morgan fingerprint density at radius 1 is 1.33 bits per heavy atom. The molecule has 0 aromatic heterocycles. The van der Waals surface area contributed by atoms with E-state index in [1.165, 1.54) is 6.26 Å². The topological polar surface area (TPSA) is 55.4 Å². The molecule has 0 aliphatic rings. The maximum absolute atomic E-state index is 11.1. The molecule has 0 aliphatic heterocycles. The molecule has 0 aliphatic carbocycles. The maximum atomic E-state index is 11.1. The van der Waals surface area contributed by atoms with E-state index in [0.717, 1.165) is 28.9 Å². The number of hydrogen-bond acceptors (Lipinski definition) is 4. The Balaban J connectivity index is 2.55. The molecule has 4 nitrogen and oxygen atoms in total. The van der Waals surface area contributed by atoms with Crippen molar-refractivity contribution in [3.63, 3.8) is 0 Å². The van der Waals surface area contributed by atoms with Gasteiger partial charge in [0.25, 0.3) is 0 Å². The summed E-state index contributed by atoms with van der Waals surface area (Å²) in [4.78, 5) is 0. The Kier molecular flexibility index (Phi) is 7.70. The normalized spacial score (nSPS) is 11.9. The number of nitrogens with one attached hydrogen (secondary N) is 1. The number of halogens is 1. The van der Waals surface area contributed by atoms with Crippen LogP contribution in [0, 0.1) is 5.92 Å². The van der Waals surface area contributed by atoms with Gasteiger partial charge in [-0.05, 0) is 37.1 Å². The summed E-state index contributed by atoms with van der Waals surface area (Å²) in [5.41, 5.74) is 1.07. The second-order valence-corrected chi connectivity index (χ2v) is 8.78. The molecule has 120 valence electrons. The van der Waals surface area contributed by atoms with Gasteiger partial charge in [0.1, 0.15) is 15.6 Å². The van der Waals surface area contributed by atoms with Gasteiger partial charge in [0.05, 0.1) is 12.4 Å². The largest absolute Gasteiger partial charge is 0.493 e. The zero-order valence-electron chi connectivity index (χ0n) is 12.9. The lowest BCUT2D eigenvalue weighted by Gasteiger charge is -2.13. The van der Waals surface area contributed by atoms with Crippen molar-refractivity contribution in [2.45, 2.75) is 26.8 Å². The lowest BCUT2D eigenvalue weighted by atomic mass is 10.2. The van der Waals surface area contributed by atoms with Gasteiger partial charge in [0.15, 0.2) is 0 Å². The van der Waals surface area contributed by atoms with Crippen molar-refractivity contribution in [2.75, 3.05) is 25.2 Å². The highest BCUT2D eigenvalue weighted by atomic mass is 79.9. The second-order valence-electron chi connectivity index (χ2n) is 5.61. The molecule has 1 aromatic carbocycles. The van der Waals surface area contributed by atoms with Crippen molar-refractivity contribution in [3.8, 4) is 5.75 Å². The van der Waals surface area contributed by atoms with E-state index in [0.29, 0.717) is 18.9 Å². The van der Waals surface area contributed by atoms with Gasteiger partial charge in [-0.2, -0.15) is 0 Å². The third kappa shape index (κ3) is 8.44. The highest BCUT2D eigenvalue weighted by Crippen LogP contribution is 2.23. The van der Waals surface area contributed by atoms with Gasteiger partial charge in [-0.15, -0.1) is 0 Å². The van der Waals surface area contributed by atoms with Crippen LogP contribution in [0.15, 0.2) is 22.7 Å². The predicted molar refractivity (Wildman–Crippen MR) is 90.5 cm³/mol. The van der Waals surface area contributed by atoms with Crippen LogP contribution in [0.5, 0.6) is 5.75 Å². The molecule has 1 N–H and O–H groups in total. The first-order chi connectivity index (χ1) is 9.78. The average Bonchev–Trinajstić information content (AvgIpc) is 2.35. The fourth-order valence-corrected chi connectivity index (χ4v) is 2.88. The van der Waals surface area contributed by atoms with E-state index in [1.54, 1.807) is 0 Å². The Hall–Kier alpha value is -0.590. The number of rotatable bonds is 9. The van der Waals surface area contributed by atoms with Crippen molar-refractivity contribution in [2.24, 2.45) is 5.92 Å². The van der Waals surface area contributed by atoms with E-state index in [-0.39, 0.29) is 5.75 Å². The van der Waals surface area contributed by atoms with Crippen molar-refractivity contribution in [1.82, 2.24) is 5.32 Å². The molecule has 0 bridgehead atoms. The summed E-state index contributed by atoms with van der Waals surface area (Å²) < 4.78 is 28.9. The molecule has 0 spiro atoms. The molecule has 0 radical (unpaired) electrons. The van der Waals surface area contributed by atoms with Gasteiger partial charge < -0.3 is 10.1 Å². The molecule has 0 atom stereocenters. The van der Waals surface area contributed by atoms with Gasteiger partial charge in [-0.1, -0.05) is 29.8 Å². The highest BCUT2D eigenvalue weighted by Gasteiger charge is 2.07. The molecule has 6 heteroatoms. The average molecular weight is 378 g/mol. The predicted octanol–water partition coefficient (Wildman–Crippen LogP) is 3.01. The van der Waals surface area contributed by atoms with Gasteiger partial charge in [-0.25, -0.2) is 8.42 Å². The van der Waals surface area contributed by atoms with E-state index in [1.807, 2.05) is 18.2 Å². The third-order valence-corrected chi connectivity index (χ3v) is 4.33. The maximum Gasteiger partial charge on any atom is 0.147 e. The second kappa shape index (κ2) is 8.76. The minimum atomic E-state index is -2.92. The van der Waals surface area contributed by atoms with Crippen LogP contribution in [0.2, 0.25) is 0 Å². The molecule has 0 saturated heterocycles. The highest BCUT2D eigenvalue weighted by molar-refractivity contribution is 9.10. The lowest BCUT2D eigenvalue weighted by Crippen LogP contribution is -2.19. The van der Waals surface area contributed by atoms with Crippen LogP contribution in [-0.4, -0.2) is 33.6 Å². The minimum absolute atomic E-state index is 0.157. The first-order valence-electron chi connectivity index (χ1n) is 7.07. The number of sulfone groups is 1. The van der Waals surface area contributed by atoms with Crippen LogP contribution in [0.25, 0.3) is 0 Å². The first-order valence-corrected chi connectivity index (χ1v) is 9.93. The molecule has 0 saturated carbocycles. The SMILES string of the molecule is CC(C)CNCc1cc(Br)ccc1OCCCS(C)(=O)=O. The van der Waals surface area contributed by atoms with Crippen LogP contribution < -0.4 is 10.1 Å². The minimum Gasteiger partial charge on any atom is -0.493 e. The summed E-state index contributed by atoms with van der Waals surface area (Å²) >= 11 is 3.46. The Labute approximate surface area is 136 Å². The van der Waals surface area contributed by atoms with Crippen LogP contribution >= 0.6 is 15.9 Å². The molecule has 21 heavy (non-hydrogen) atoms. The van der Waals surface area contributed by atoms with Gasteiger partial charge in [-0.3, -0.25) is 0 Å². The molecule has 0 amide bonds. The lowest BCUT2D eigenvalue weighted by molar-refractivity contribution is 0.313. The van der Waals surface area contributed by atoms with E-state index < -0.39 is 9.84 Å². The fraction of sp³-hybridized carbons (Fsp3) is 0.600. The van der Waals surface area contributed by atoms with Gasteiger partial charge in [0, 0.05) is 22.8 Å². The zero-order valence-corrected chi connectivity index (χ0v) is 15.3. The first kappa shape index (κ1) is 18.5. The Morgan fingerprint density at radius 2 is 2.05 bits per heavy atom. The van der Waals surface area contributed by atoms with Gasteiger partial charge >= 0.3 is 0 Å². The van der Waals surface area contributed by atoms with Crippen LogP contribution in [0.1, 0.15) is 25.8 Å². The van der Waals surface area contributed by atoms with Crippen LogP contribution in [-0.2, 0) is 16.4 Å². The van der Waals surface area contributed by atoms with E-state index in [9.17, 15) is 8.42 Å². The fourth-order valence-electron chi connectivity index (χ4n) is 1.83. The molecule has 0 fully saturated rings. The van der Waals surface area contributed by atoms with E-state index >= 15 is 0 Å². The van der Waals surface area contributed by atoms with Gasteiger partial charge in [0.2, 0.25) is 0 Å². The number of ether oxygens (including phenoxy) is 1. The summed E-state index contributed by atoms with van der Waals surface area (Å²) in [5.74, 6) is 1.56. The molecule has 0 unspecified atom stereocenters. The Morgan fingerprint density at radius 3 is 2.67 bits per heavy atom. The summed E-state index contributed by atoms with van der Waals surface area (Å²) in [5, 5.41) is 3.39. The number of benzene rings is 1. The smallest absolute Gasteiger partial charge is 0.147 e. The summed E-state index contributed by atoms with van der Waals surface area (Å²) in [7, 11) is -2.92. The monoisotopic (exact) mass is 377 g/mol. The quantitative estimate of drug-likeness (QED) is 0.672. The summed E-state index contributed by atoms with van der Waals surface area (Å²) in [6.45, 7) is 6.41. The zero-order chi connectivity index (χ0) is 15.9. The molecule has 1 aromatic rings. The molecule has 0 heterocycles. The molecule has 1 rings (SSSR count). The van der Waals surface area contributed by atoms with Crippen molar-refractivity contribution in [3.05, 3.63) is 28.2 Å². The van der Waals surface area contributed by atoms with E-state index in [4.69, 9.17) is 4.74 Å². The van der Waals surface area contributed by atoms with Crippen LogP contribution in [0.4, 0.5) is 0 Å². The molecular weight excluding hydrogens is 354 g/mol. The standard InChI is InChI=1S/C15H24BrNO3S/c1-12(2)10-17-11-13-9-14(16)5-6-15(13)20-7-4-8-21(3,18)19/h5-6,9,12,17H,4,7-8,10-11H2,1-3H3. The van der Waals surface area contributed by atoms with Crippen molar-refractivity contribution >= 4 is 25.8 Å². The van der Waals surface area contributed by atoms with Crippen LogP contribution in [0.3, 0.4) is 0 Å². The number of hydrogen-bond donors (Lipinski definition) is 1. The summed E-state index contributed by atoms with van der Waals surface area (Å²) in [6, 6.07) is 5.87. The Bertz CT molecular complexity index is 544.